The molecule has 224 valence electrons. The van der Waals surface area contributed by atoms with Gasteiger partial charge in [0.05, 0.1) is 44.9 Å². The van der Waals surface area contributed by atoms with Gasteiger partial charge >= 0.3 is 18.0 Å². The molecular formula is C27H15ClF8N4O3. The third-order valence-corrected chi connectivity index (χ3v) is 6.62. The second-order valence-corrected chi connectivity index (χ2v) is 9.55. The van der Waals surface area contributed by atoms with Crippen LogP contribution < -0.4 is 11.0 Å². The predicted octanol–water partition coefficient (Wildman–Crippen LogP) is 6.60. The molecule has 4 rings (SSSR count). The number of imidazole rings is 1. The standard InChI is InChI=1S/C27H15ClF8N4O3/c1-39-22-17(11-37)21(23(41)16-9-14(29)2-3-18(16)28)19(10-20(22)40(25(39)43)5-4-26(31,32)33)38-24(42)12-6-13(27(34,35)36)8-15(30)7-12/h2-3,6-10H,4-5H2,1H3,(H,38,42). The highest BCUT2D eigenvalue weighted by Gasteiger charge is 2.33. The average Bonchev–Trinajstić information content (AvgIpc) is 3.15. The molecule has 1 amide bonds. The maximum Gasteiger partial charge on any atom is 0.416 e. The molecule has 0 aliphatic carbocycles. The third-order valence-electron chi connectivity index (χ3n) is 6.29. The number of hydrogen-bond acceptors (Lipinski definition) is 4. The molecule has 0 bridgehead atoms. The number of alkyl halides is 6. The van der Waals surface area contributed by atoms with Crippen molar-refractivity contribution in [2.75, 3.05) is 5.32 Å². The fraction of sp³-hybridized carbons (Fsp3) is 0.185. The number of nitrogens with one attached hydrogen (secondary N) is 1. The van der Waals surface area contributed by atoms with Gasteiger partial charge in [0.15, 0.2) is 5.78 Å². The zero-order valence-electron chi connectivity index (χ0n) is 21.4. The minimum atomic E-state index is -5.06. The van der Waals surface area contributed by atoms with E-state index >= 15 is 0 Å². The van der Waals surface area contributed by atoms with Crippen LogP contribution >= 0.6 is 11.6 Å². The van der Waals surface area contributed by atoms with Gasteiger partial charge in [-0.25, -0.2) is 13.6 Å². The number of carbonyl (C=O) groups is 2. The molecule has 3 aromatic carbocycles. The molecule has 0 aliphatic heterocycles. The zero-order chi connectivity index (χ0) is 32.0. The molecule has 16 heteroatoms. The molecule has 43 heavy (non-hydrogen) atoms. The molecule has 7 nitrogen and oxygen atoms in total. The lowest BCUT2D eigenvalue weighted by molar-refractivity contribution is -0.138. The highest BCUT2D eigenvalue weighted by Crippen LogP contribution is 2.35. The van der Waals surface area contributed by atoms with Gasteiger partial charge in [0.2, 0.25) is 0 Å². The van der Waals surface area contributed by atoms with Crippen LogP contribution in [0.1, 0.15) is 43.8 Å². The van der Waals surface area contributed by atoms with E-state index in [1.54, 1.807) is 6.07 Å². The lowest BCUT2D eigenvalue weighted by Crippen LogP contribution is -2.24. The van der Waals surface area contributed by atoms with Gasteiger partial charge in [0, 0.05) is 24.7 Å². The Bertz CT molecular complexity index is 1900. The summed E-state index contributed by atoms with van der Waals surface area (Å²) in [5.74, 6) is -5.00. The summed E-state index contributed by atoms with van der Waals surface area (Å²) >= 11 is 6.06. The normalized spacial score (nSPS) is 11.9. The number of anilines is 1. The molecule has 0 saturated heterocycles. The van der Waals surface area contributed by atoms with Gasteiger partial charge in [-0.3, -0.25) is 18.7 Å². The highest BCUT2D eigenvalue weighted by atomic mass is 35.5. The predicted molar refractivity (Wildman–Crippen MR) is 137 cm³/mol. The first-order valence-electron chi connectivity index (χ1n) is 11.8. The summed E-state index contributed by atoms with van der Waals surface area (Å²) in [6.45, 7) is -0.945. The van der Waals surface area contributed by atoms with Gasteiger partial charge in [-0.05, 0) is 42.5 Å². The van der Waals surface area contributed by atoms with E-state index in [0.29, 0.717) is 22.8 Å². The zero-order valence-corrected chi connectivity index (χ0v) is 22.2. The molecule has 1 N–H and O–H groups in total. The van der Waals surface area contributed by atoms with Crippen molar-refractivity contribution in [1.29, 1.82) is 5.26 Å². The molecule has 0 unspecified atom stereocenters. The molecule has 0 radical (unpaired) electrons. The first-order valence-corrected chi connectivity index (χ1v) is 12.2. The van der Waals surface area contributed by atoms with Crippen LogP contribution in [0.2, 0.25) is 5.02 Å². The number of carbonyl (C=O) groups excluding carboxylic acids is 2. The van der Waals surface area contributed by atoms with Gasteiger partial charge in [-0.2, -0.15) is 31.6 Å². The first kappa shape index (κ1) is 31.2. The van der Waals surface area contributed by atoms with E-state index in [1.165, 1.54) is 0 Å². The van der Waals surface area contributed by atoms with Crippen LogP contribution in [0.4, 0.5) is 40.8 Å². The topological polar surface area (TPSA) is 96.9 Å². The van der Waals surface area contributed by atoms with Gasteiger partial charge in [0.1, 0.15) is 17.7 Å². The second kappa shape index (κ2) is 11.2. The van der Waals surface area contributed by atoms with Crippen molar-refractivity contribution in [3.63, 3.8) is 0 Å². The van der Waals surface area contributed by atoms with Crippen LogP contribution in [0.5, 0.6) is 0 Å². The van der Waals surface area contributed by atoms with Crippen LogP contribution in [0, 0.1) is 23.0 Å². The number of rotatable bonds is 6. The number of benzene rings is 3. The van der Waals surface area contributed by atoms with Crippen molar-refractivity contribution in [2.24, 2.45) is 7.05 Å². The molecule has 1 heterocycles. The van der Waals surface area contributed by atoms with Gasteiger partial charge in [0.25, 0.3) is 5.91 Å². The lowest BCUT2D eigenvalue weighted by atomic mass is 9.95. The number of ketones is 1. The van der Waals surface area contributed by atoms with Crippen molar-refractivity contribution in [2.45, 2.75) is 25.3 Å². The molecule has 0 saturated carbocycles. The Balaban J connectivity index is 2.01. The first-order chi connectivity index (χ1) is 19.9. The van der Waals surface area contributed by atoms with Crippen LogP contribution in [0.15, 0.2) is 47.3 Å². The van der Waals surface area contributed by atoms with Crippen molar-refractivity contribution in [3.05, 3.63) is 97.4 Å². The van der Waals surface area contributed by atoms with Crippen LogP contribution in [-0.4, -0.2) is 27.0 Å². The molecule has 0 spiro atoms. The van der Waals surface area contributed by atoms with E-state index in [4.69, 9.17) is 11.6 Å². The summed E-state index contributed by atoms with van der Waals surface area (Å²) in [6.07, 6.45) is -11.3. The van der Waals surface area contributed by atoms with Gasteiger partial charge < -0.3 is 5.32 Å². The number of amides is 1. The minimum Gasteiger partial charge on any atom is -0.321 e. The Morgan fingerprint density at radius 1 is 1.00 bits per heavy atom. The number of nitrogens with zero attached hydrogens (tertiary/aromatic N) is 3. The summed E-state index contributed by atoms with van der Waals surface area (Å²) in [5, 5.41) is 11.8. The minimum absolute atomic E-state index is 0.126. The van der Waals surface area contributed by atoms with Crippen LogP contribution in [0.3, 0.4) is 0 Å². The van der Waals surface area contributed by atoms with Crippen molar-refractivity contribution in [1.82, 2.24) is 9.13 Å². The highest BCUT2D eigenvalue weighted by molar-refractivity contribution is 6.35. The molecular weight excluding hydrogens is 616 g/mol. The summed E-state index contributed by atoms with van der Waals surface area (Å²) in [6, 6.07) is 5.98. The SMILES string of the molecule is Cn1c(=O)n(CCC(F)(F)F)c2cc(NC(=O)c3cc(F)cc(C(F)(F)F)c3)c(C(=O)c3cc(F)ccc3Cl)c(C#N)c21. The third kappa shape index (κ3) is 6.24. The summed E-state index contributed by atoms with van der Waals surface area (Å²) in [4.78, 5) is 39.7. The van der Waals surface area contributed by atoms with E-state index in [9.17, 15) is 54.8 Å². The fourth-order valence-electron chi connectivity index (χ4n) is 4.37. The lowest BCUT2D eigenvalue weighted by Gasteiger charge is -2.16. The average molecular weight is 631 g/mol. The number of halogens is 9. The van der Waals surface area contributed by atoms with E-state index in [-0.39, 0.29) is 22.1 Å². The fourth-order valence-corrected chi connectivity index (χ4v) is 4.57. The maximum atomic E-state index is 14.1. The van der Waals surface area contributed by atoms with E-state index in [0.717, 1.165) is 29.8 Å². The monoisotopic (exact) mass is 630 g/mol. The van der Waals surface area contributed by atoms with Crippen molar-refractivity contribution < 1.29 is 44.7 Å². The Hall–Kier alpha value is -4.71. The second-order valence-electron chi connectivity index (χ2n) is 9.15. The van der Waals surface area contributed by atoms with E-state index in [1.807, 2.05) is 0 Å². The summed E-state index contributed by atoms with van der Waals surface area (Å²) in [5.41, 5.74) is -6.71. The Labute approximate surface area is 240 Å². The van der Waals surface area contributed by atoms with Crippen LogP contribution in [-0.2, 0) is 19.8 Å². The number of nitriles is 1. The Morgan fingerprint density at radius 3 is 2.28 bits per heavy atom. The number of aryl methyl sites for hydroxylation is 2. The summed E-state index contributed by atoms with van der Waals surface area (Å²) < 4.78 is 108. The molecule has 4 aromatic rings. The van der Waals surface area contributed by atoms with Crippen molar-refractivity contribution >= 4 is 40.0 Å². The molecule has 0 fully saturated rings. The largest absolute Gasteiger partial charge is 0.416 e. The molecule has 0 aliphatic rings. The van der Waals surface area contributed by atoms with Crippen molar-refractivity contribution in [3.8, 4) is 6.07 Å². The quantitative estimate of drug-likeness (QED) is 0.192. The Morgan fingerprint density at radius 2 is 1.67 bits per heavy atom. The summed E-state index contributed by atoms with van der Waals surface area (Å²) in [7, 11) is 1.10. The molecule has 0 atom stereocenters. The number of aromatic nitrogens is 2. The Kier molecular flexibility index (Phi) is 8.12. The number of hydrogen-bond donors (Lipinski definition) is 1. The van der Waals surface area contributed by atoms with Gasteiger partial charge in [-0.1, -0.05) is 11.6 Å². The number of fused-ring (bicyclic) bond motifs is 1. The van der Waals surface area contributed by atoms with Gasteiger partial charge in [-0.15, -0.1) is 0 Å². The van der Waals surface area contributed by atoms with E-state index in [2.05, 4.69) is 5.32 Å². The molecule has 1 aromatic heterocycles. The maximum absolute atomic E-state index is 14.1. The van der Waals surface area contributed by atoms with E-state index < -0.39 is 87.8 Å². The van der Waals surface area contributed by atoms with Crippen LogP contribution in [0.25, 0.3) is 11.0 Å². The smallest absolute Gasteiger partial charge is 0.321 e.